The zero-order valence-corrected chi connectivity index (χ0v) is 20.9. The molecule has 0 aliphatic carbocycles. The number of carbonyl (C=O) groups excluding carboxylic acids is 2. The highest BCUT2D eigenvalue weighted by molar-refractivity contribution is 7.27. The van der Waals surface area contributed by atoms with Crippen LogP contribution in [0.3, 0.4) is 0 Å². The second-order valence-corrected chi connectivity index (χ2v) is 8.57. The topological polar surface area (TPSA) is 96.1 Å². The van der Waals surface area contributed by atoms with Crippen LogP contribution in [0.2, 0.25) is 0 Å². The predicted molar refractivity (Wildman–Crippen MR) is 136 cm³/mol. The summed E-state index contributed by atoms with van der Waals surface area (Å²) < 4.78 is 55.4. The number of halogens is 4. The molecule has 1 atom stereocenters. The minimum atomic E-state index is -4.92. The molecule has 3 N–H and O–H groups in total. The molecule has 1 heterocycles. The van der Waals surface area contributed by atoms with E-state index in [-0.39, 0.29) is 23.6 Å². The average Bonchev–Trinajstić information content (AvgIpc) is 3.24. The molecular weight excluding hydrogens is 511 g/mol. The molecule has 0 saturated heterocycles. The van der Waals surface area contributed by atoms with Gasteiger partial charge in [-0.2, -0.15) is 0 Å². The van der Waals surface area contributed by atoms with Crippen molar-refractivity contribution in [2.45, 2.75) is 26.8 Å². The Kier molecular flexibility index (Phi) is 8.49. The Morgan fingerprint density at radius 1 is 1.24 bits per heavy atom. The fourth-order valence-electron chi connectivity index (χ4n) is 3.26. The molecule has 1 aromatic heterocycles. The number of hydrogen-bond donors (Lipinski definition) is 3. The van der Waals surface area contributed by atoms with Crippen LogP contribution in [0.25, 0.3) is 11.6 Å². The first-order chi connectivity index (χ1) is 17.3. The third-order valence-electron chi connectivity index (χ3n) is 5.10. The Morgan fingerprint density at radius 2 is 1.97 bits per heavy atom. The van der Waals surface area contributed by atoms with Crippen LogP contribution in [-0.2, 0) is 11.3 Å². The number of H-pyrrole nitrogens is 1. The van der Waals surface area contributed by atoms with E-state index in [1.807, 2.05) is 6.07 Å². The molecule has 194 valence electrons. The molecule has 0 spiro atoms. The van der Waals surface area contributed by atoms with Gasteiger partial charge in [-0.25, -0.2) is 9.37 Å². The maximum atomic E-state index is 14.1. The van der Waals surface area contributed by atoms with Crippen LogP contribution in [-0.4, -0.2) is 28.1 Å². The van der Waals surface area contributed by atoms with Crippen LogP contribution in [0.5, 0.6) is 5.75 Å². The molecule has 0 aliphatic rings. The van der Waals surface area contributed by atoms with Crippen molar-refractivity contribution >= 4 is 43.8 Å². The lowest BCUT2D eigenvalue weighted by atomic mass is 9.99. The summed E-state index contributed by atoms with van der Waals surface area (Å²) in [5.41, 5.74) is 1.94. The molecule has 0 bridgehead atoms. The normalized spacial score (nSPS) is 11.4. The molecule has 0 aliphatic heterocycles. The third-order valence-corrected chi connectivity index (χ3v) is 5.70. The number of hydrogen-bond acceptors (Lipinski definition) is 4. The van der Waals surface area contributed by atoms with Gasteiger partial charge >= 0.3 is 6.36 Å². The van der Waals surface area contributed by atoms with Crippen molar-refractivity contribution in [3.8, 4) is 5.75 Å². The van der Waals surface area contributed by atoms with E-state index in [0.717, 1.165) is 23.5 Å². The van der Waals surface area contributed by atoms with Gasteiger partial charge in [0.1, 0.15) is 23.2 Å². The van der Waals surface area contributed by atoms with E-state index < -0.39 is 23.8 Å². The van der Waals surface area contributed by atoms with Crippen LogP contribution in [0.1, 0.15) is 39.8 Å². The summed E-state index contributed by atoms with van der Waals surface area (Å²) in [5, 5.41) is 5.83. The lowest BCUT2D eigenvalue weighted by molar-refractivity contribution is -0.274. The number of ether oxygens (including phenoxy) is 1. The van der Waals surface area contributed by atoms with Crippen molar-refractivity contribution in [3.05, 3.63) is 83.1 Å². The van der Waals surface area contributed by atoms with Gasteiger partial charge < -0.3 is 20.4 Å². The summed E-state index contributed by atoms with van der Waals surface area (Å²) in [7, 11) is 2.53. The zero-order chi connectivity index (χ0) is 27.3. The van der Waals surface area contributed by atoms with Crippen LogP contribution < -0.4 is 20.7 Å². The number of nitrogens with zero attached hydrogens (tertiary/aromatic N) is 1. The lowest BCUT2D eigenvalue weighted by Gasteiger charge is -2.14. The number of aromatic amines is 1. The first kappa shape index (κ1) is 27.6. The first-order valence-corrected chi connectivity index (χ1v) is 11.3. The van der Waals surface area contributed by atoms with Gasteiger partial charge in [-0.15, -0.1) is 22.4 Å². The van der Waals surface area contributed by atoms with Gasteiger partial charge in [0, 0.05) is 24.6 Å². The molecular formula is C25H23F4N4O3P. The van der Waals surface area contributed by atoms with Gasteiger partial charge in [0.15, 0.2) is 0 Å². The largest absolute Gasteiger partial charge is 0.573 e. The Morgan fingerprint density at radius 3 is 2.65 bits per heavy atom. The number of aromatic nitrogens is 2. The quantitative estimate of drug-likeness (QED) is 0.218. The SMILES string of the molecule is C=C(/C=C\c1ncc(NC(C)=O)[nH]1)c1cc(P)c(C)c(C(=O)NCc2cc(OC(F)(F)F)ccc2F)c1. The number of benzene rings is 2. The number of nitrogens with one attached hydrogen (secondary N) is 3. The maximum Gasteiger partial charge on any atom is 0.573 e. The molecule has 3 rings (SSSR count). The Labute approximate surface area is 212 Å². The summed E-state index contributed by atoms with van der Waals surface area (Å²) in [6.07, 6.45) is -0.137. The summed E-state index contributed by atoms with van der Waals surface area (Å²) in [6, 6.07) is 5.99. The molecule has 0 saturated carbocycles. The Bertz CT molecular complexity index is 1380. The Hall–Kier alpha value is -3.98. The van der Waals surface area contributed by atoms with Crippen molar-refractivity contribution in [1.82, 2.24) is 15.3 Å². The standard InChI is InChI=1S/C25H23F4N4O3P/c1-13(4-7-22-30-12-23(33-22)32-15(3)34)16-9-19(14(2)21(37)10-16)24(35)31-11-17-8-18(5-6-20(17)26)36-25(27,28)29/h4-10,12H,1,11,37H2,2-3H3,(H,30,33)(H,31,35)(H,32,34)/b7-4-. The summed E-state index contributed by atoms with van der Waals surface area (Å²) in [4.78, 5) is 31.1. The number of carbonyl (C=O) groups is 2. The lowest BCUT2D eigenvalue weighted by Crippen LogP contribution is -2.26. The molecule has 12 heteroatoms. The highest BCUT2D eigenvalue weighted by Crippen LogP contribution is 2.25. The highest BCUT2D eigenvalue weighted by atomic mass is 31.0. The van der Waals surface area contributed by atoms with Gasteiger partial charge in [-0.05, 0) is 65.3 Å². The van der Waals surface area contributed by atoms with Crippen LogP contribution in [0, 0.1) is 12.7 Å². The first-order valence-electron chi connectivity index (χ1n) is 10.7. The van der Waals surface area contributed by atoms with E-state index in [2.05, 4.69) is 41.2 Å². The molecule has 1 unspecified atom stereocenters. The minimum Gasteiger partial charge on any atom is -0.406 e. The van der Waals surface area contributed by atoms with Gasteiger partial charge in [0.05, 0.1) is 6.20 Å². The monoisotopic (exact) mass is 534 g/mol. The summed E-state index contributed by atoms with van der Waals surface area (Å²) in [5.74, 6) is -1.26. The second-order valence-electron chi connectivity index (χ2n) is 7.94. The van der Waals surface area contributed by atoms with Gasteiger partial charge in [-0.1, -0.05) is 12.7 Å². The fraction of sp³-hybridized carbons (Fsp3) is 0.160. The smallest absolute Gasteiger partial charge is 0.406 e. The molecule has 0 radical (unpaired) electrons. The van der Waals surface area contributed by atoms with Gasteiger partial charge in [0.2, 0.25) is 5.91 Å². The predicted octanol–water partition coefficient (Wildman–Crippen LogP) is 4.87. The number of allylic oxidation sites excluding steroid dienone is 2. The van der Waals surface area contributed by atoms with E-state index in [1.165, 1.54) is 13.1 Å². The van der Waals surface area contributed by atoms with Crippen molar-refractivity contribution in [2.24, 2.45) is 0 Å². The zero-order valence-electron chi connectivity index (χ0n) is 19.8. The number of amides is 2. The number of imidazole rings is 1. The molecule has 2 amide bonds. The van der Waals surface area contributed by atoms with Gasteiger partial charge in [0.25, 0.3) is 5.91 Å². The molecule has 3 aromatic rings. The van der Waals surface area contributed by atoms with Crippen LogP contribution >= 0.6 is 9.24 Å². The number of alkyl halides is 3. The highest BCUT2D eigenvalue weighted by Gasteiger charge is 2.31. The molecule has 7 nitrogen and oxygen atoms in total. The number of anilines is 1. The van der Waals surface area contributed by atoms with Gasteiger partial charge in [-0.3, -0.25) is 9.59 Å². The Balaban J connectivity index is 1.75. The fourth-order valence-corrected chi connectivity index (χ4v) is 3.60. The molecule has 37 heavy (non-hydrogen) atoms. The molecule has 0 fully saturated rings. The third kappa shape index (κ3) is 7.75. The van der Waals surface area contributed by atoms with Crippen molar-refractivity contribution in [2.75, 3.05) is 5.32 Å². The summed E-state index contributed by atoms with van der Waals surface area (Å²) >= 11 is 0. The van der Waals surface area contributed by atoms with Crippen molar-refractivity contribution < 1.29 is 31.9 Å². The average molecular weight is 534 g/mol. The van der Waals surface area contributed by atoms with E-state index in [0.29, 0.717) is 28.3 Å². The van der Waals surface area contributed by atoms with E-state index >= 15 is 0 Å². The van der Waals surface area contributed by atoms with E-state index in [4.69, 9.17) is 0 Å². The minimum absolute atomic E-state index is 0.167. The van der Waals surface area contributed by atoms with E-state index in [9.17, 15) is 27.2 Å². The summed E-state index contributed by atoms with van der Waals surface area (Å²) in [6.45, 7) is 6.76. The van der Waals surface area contributed by atoms with Crippen molar-refractivity contribution in [3.63, 3.8) is 0 Å². The molecule has 2 aromatic carbocycles. The van der Waals surface area contributed by atoms with Crippen LogP contribution in [0.4, 0.5) is 23.4 Å². The van der Waals surface area contributed by atoms with E-state index in [1.54, 1.807) is 25.1 Å². The van der Waals surface area contributed by atoms with Crippen LogP contribution in [0.15, 0.2) is 49.2 Å². The number of rotatable bonds is 8. The maximum absolute atomic E-state index is 14.1. The second kappa shape index (κ2) is 11.4. The van der Waals surface area contributed by atoms with Crippen molar-refractivity contribution in [1.29, 1.82) is 0 Å².